The molecule has 0 radical (unpaired) electrons. The minimum absolute atomic E-state index is 0.0210. The molecule has 0 aliphatic rings. The van der Waals surface area contributed by atoms with Crippen LogP contribution < -0.4 is 5.32 Å². The smallest absolute Gasteiger partial charge is 0.300 e. The molecule has 0 unspecified atom stereocenters. The van der Waals surface area contributed by atoms with Gasteiger partial charge in [-0.1, -0.05) is 18.2 Å². The van der Waals surface area contributed by atoms with E-state index in [2.05, 4.69) is 21.0 Å². The number of rotatable bonds is 3. The summed E-state index contributed by atoms with van der Waals surface area (Å²) in [6, 6.07) is 5.94. The van der Waals surface area contributed by atoms with E-state index in [4.69, 9.17) is 0 Å². The Labute approximate surface area is 124 Å². The third-order valence-electron chi connectivity index (χ3n) is 2.50. The van der Waals surface area contributed by atoms with Crippen LogP contribution in [0.3, 0.4) is 0 Å². The number of aromatic nitrogens is 2. The van der Waals surface area contributed by atoms with Gasteiger partial charge in [0.25, 0.3) is 0 Å². The van der Waals surface area contributed by atoms with E-state index in [0.717, 1.165) is 0 Å². The molecule has 0 saturated heterocycles. The molecule has 0 bridgehead atoms. The Balaban J connectivity index is 2.16. The highest BCUT2D eigenvalue weighted by atomic mass is 79.9. The van der Waals surface area contributed by atoms with Crippen LogP contribution in [0.5, 0.6) is 0 Å². The van der Waals surface area contributed by atoms with Crippen LogP contribution >= 0.6 is 15.9 Å². The quantitative estimate of drug-likeness (QED) is 0.848. The zero-order valence-corrected chi connectivity index (χ0v) is 11.9. The van der Waals surface area contributed by atoms with E-state index in [-0.39, 0.29) is 16.8 Å². The Hall–Kier alpha value is -1.90. The second kappa shape index (κ2) is 5.84. The number of nitrogens with zero attached hydrogens (tertiary/aromatic N) is 2. The van der Waals surface area contributed by atoms with Gasteiger partial charge in [0.1, 0.15) is 5.82 Å². The maximum absolute atomic E-state index is 13.5. The zero-order chi connectivity index (χ0) is 15.6. The summed E-state index contributed by atoms with van der Waals surface area (Å²) < 4.78 is 51.3. The van der Waals surface area contributed by atoms with Crippen molar-refractivity contribution in [3.63, 3.8) is 0 Å². The van der Waals surface area contributed by atoms with Gasteiger partial charge in [0.15, 0.2) is 5.82 Å². The van der Waals surface area contributed by atoms with E-state index < -0.39 is 17.9 Å². The monoisotopic (exact) mass is 365 g/mol. The molecule has 0 spiro atoms. The van der Waals surface area contributed by atoms with Crippen molar-refractivity contribution >= 4 is 27.7 Å². The summed E-state index contributed by atoms with van der Waals surface area (Å²) in [5, 5.41) is 5.41. The highest BCUT2D eigenvalue weighted by Crippen LogP contribution is 2.24. The number of nitrogens with one attached hydrogen (secondary N) is 1. The molecule has 0 aliphatic heterocycles. The summed E-state index contributed by atoms with van der Waals surface area (Å²) in [5.74, 6) is -2.86. The average Bonchev–Trinajstić information content (AvgIpc) is 2.71. The van der Waals surface area contributed by atoms with Crippen LogP contribution in [-0.4, -0.2) is 21.9 Å². The Morgan fingerprint density at radius 3 is 2.62 bits per heavy atom. The summed E-state index contributed by atoms with van der Waals surface area (Å²) in [6.07, 6.45) is -3.66. The number of amides is 1. The number of halogens is 5. The fourth-order valence-corrected chi connectivity index (χ4v) is 1.96. The van der Waals surface area contributed by atoms with E-state index in [0.29, 0.717) is 5.56 Å². The molecule has 1 aromatic heterocycles. The second-order valence-electron chi connectivity index (χ2n) is 4.07. The Morgan fingerprint density at radius 1 is 1.33 bits per heavy atom. The summed E-state index contributed by atoms with van der Waals surface area (Å²) in [6.45, 7) is 0.0210. The summed E-state index contributed by atoms with van der Waals surface area (Å²) in [4.78, 5) is 10.8. The molecule has 0 atom stereocenters. The number of alkyl halides is 3. The van der Waals surface area contributed by atoms with Crippen molar-refractivity contribution in [2.75, 3.05) is 5.32 Å². The minimum atomic E-state index is -5.01. The molecule has 1 N–H and O–H groups in total. The van der Waals surface area contributed by atoms with Crippen molar-refractivity contribution in [3.05, 3.63) is 46.3 Å². The van der Waals surface area contributed by atoms with Gasteiger partial charge in [0.2, 0.25) is 0 Å². The van der Waals surface area contributed by atoms with Crippen LogP contribution in [0.2, 0.25) is 0 Å². The third kappa shape index (κ3) is 3.81. The predicted molar refractivity (Wildman–Crippen MR) is 70.1 cm³/mol. The van der Waals surface area contributed by atoms with E-state index in [1.165, 1.54) is 29.1 Å². The van der Waals surface area contributed by atoms with Gasteiger partial charge in [-0.15, -0.1) is 0 Å². The van der Waals surface area contributed by atoms with Gasteiger partial charge in [-0.25, -0.2) is 4.39 Å². The molecule has 0 fully saturated rings. The minimum Gasteiger partial charge on any atom is -0.300 e. The van der Waals surface area contributed by atoms with Crippen molar-refractivity contribution in [2.45, 2.75) is 12.7 Å². The first-order valence-electron chi connectivity index (χ1n) is 5.62. The van der Waals surface area contributed by atoms with Crippen molar-refractivity contribution in [1.82, 2.24) is 9.78 Å². The molecule has 21 heavy (non-hydrogen) atoms. The number of anilines is 1. The molecular formula is C12H8BrF4N3O. The average molecular weight is 366 g/mol. The maximum atomic E-state index is 13.5. The number of hydrogen-bond acceptors (Lipinski definition) is 2. The van der Waals surface area contributed by atoms with Crippen LogP contribution in [-0.2, 0) is 11.3 Å². The van der Waals surface area contributed by atoms with E-state index >= 15 is 0 Å². The summed E-state index contributed by atoms with van der Waals surface area (Å²) in [7, 11) is 0. The molecule has 1 aromatic carbocycles. The molecule has 2 aromatic rings. The maximum Gasteiger partial charge on any atom is 0.471 e. The number of carbonyl (C=O) groups excluding carboxylic acids is 1. The van der Waals surface area contributed by atoms with Gasteiger partial charge in [0, 0.05) is 11.8 Å². The molecule has 4 nitrogen and oxygen atoms in total. The lowest BCUT2D eigenvalue weighted by Crippen LogP contribution is -2.30. The topological polar surface area (TPSA) is 46.9 Å². The lowest BCUT2D eigenvalue weighted by molar-refractivity contribution is -0.167. The SMILES string of the molecule is O=C(Nc1nn(Cc2ccccc2F)cc1Br)C(F)(F)F. The first kappa shape index (κ1) is 15.5. The van der Waals surface area contributed by atoms with Crippen LogP contribution in [0.15, 0.2) is 34.9 Å². The fourth-order valence-electron chi connectivity index (χ4n) is 1.54. The number of carbonyl (C=O) groups is 1. The van der Waals surface area contributed by atoms with Gasteiger partial charge in [-0.3, -0.25) is 9.48 Å². The van der Waals surface area contributed by atoms with Gasteiger partial charge in [-0.05, 0) is 22.0 Å². The lowest BCUT2D eigenvalue weighted by atomic mass is 10.2. The molecule has 2 rings (SSSR count). The largest absolute Gasteiger partial charge is 0.471 e. The first-order valence-corrected chi connectivity index (χ1v) is 6.41. The summed E-state index contributed by atoms with van der Waals surface area (Å²) >= 11 is 2.99. The molecular weight excluding hydrogens is 358 g/mol. The van der Waals surface area contributed by atoms with Crippen molar-refractivity contribution in [3.8, 4) is 0 Å². The molecule has 0 saturated carbocycles. The van der Waals surface area contributed by atoms with Gasteiger partial charge in [0.05, 0.1) is 11.0 Å². The Morgan fingerprint density at radius 2 is 2.00 bits per heavy atom. The van der Waals surface area contributed by atoms with Gasteiger partial charge >= 0.3 is 12.1 Å². The van der Waals surface area contributed by atoms with Crippen LogP contribution in [0, 0.1) is 5.82 Å². The molecule has 112 valence electrons. The van der Waals surface area contributed by atoms with Crippen LogP contribution in [0.4, 0.5) is 23.4 Å². The number of hydrogen-bond donors (Lipinski definition) is 1. The third-order valence-corrected chi connectivity index (χ3v) is 3.08. The predicted octanol–water partition coefficient (Wildman–Crippen LogP) is 3.33. The van der Waals surface area contributed by atoms with Crippen molar-refractivity contribution in [2.24, 2.45) is 0 Å². The normalized spacial score (nSPS) is 11.5. The highest BCUT2D eigenvalue weighted by molar-refractivity contribution is 9.10. The molecule has 9 heteroatoms. The van der Waals surface area contributed by atoms with Crippen LogP contribution in [0.25, 0.3) is 0 Å². The Kier molecular flexibility index (Phi) is 4.31. The second-order valence-corrected chi connectivity index (χ2v) is 4.92. The standard InChI is InChI=1S/C12H8BrF4N3O/c13-8-6-20(5-7-3-1-2-4-9(7)14)19-10(8)18-11(21)12(15,16)17/h1-4,6H,5H2,(H,18,19,21). The zero-order valence-electron chi connectivity index (χ0n) is 10.3. The number of benzene rings is 1. The van der Waals surface area contributed by atoms with E-state index in [9.17, 15) is 22.4 Å². The van der Waals surface area contributed by atoms with E-state index in [1.807, 2.05) is 0 Å². The molecule has 0 aliphatic carbocycles. The molecule has 1 heterocycles. The van der Waals surface area contributed by atoms with Gasteiger partial charge in [-0.2, -0.15) is 18.3 Å². The lowest BCUT2D eigenvalue weighted by Gasteiger charge is -2.06. The van der Waals surface area contributed by atoms with Gasteiger partial charge < -0.3 is 5.32 Å². The summed E-state index contributed by atoms with van der Waals surface area (Å²) in [5.41, 5.74) is 0.321. The van der Waals surface area contributed by atoms with Crippen LogP contribution in [0.1, 0.15) is 5.56 Å². The van der Waals surface area contributed by atoms with Crippen molar-refractivity contribution in [1.29, 1.82) is 0 Å². The fraction of sp³-hybridized carbons (Fsp3) is 0.167. The Bertz CT molecular complexity index is 669. The first-order chi connectivity index (χ1) is 9.77. The van der Waals surface area contributed by atoms with E-state index in [1.54, 1.807) is 11.4 Å². The molecule has 1 amide bonds. The highest BCUT2D eigenvalue weighted by Gasteiger charge is 2.39. The van der Waals surface area contributed by atoms with Crippen molar-refractivity contribution < 1.29 is 22.4 Å².